The fraction of sp³-hybridized carbons (Fsp3) is 0.462. The SMILES string of the molecule is CCCCCN(Cc1nc2ccccc2n1C1CCCCC1)C(=O)c1ccccc1F. The molecule has 0 unspecified atom stereocenters. The zero-order valence-electron chi connectivity index (χ0n) is 18.4. The third-order valence-corrected chi connectivity index (χ3v) is 6.36. The summed E-state index contributed by atoms with van der Waals surface area (Å²) in [6.45, 7) is 3.16. The van der Waals surface area contributed by atoms with Gasteiger partial charge in [-0.1, -0.05) is 63.3 Å². The predicted octanol–water partition coefficient (Wildman–Crippen LogP) is 6.51. The standard InChI is InChI=1S/C26H32FN3O/c1-2-3-11-18-29(26(31)21-14-7-8-15-22(21)27)19-25-28-23-16-9-10-17-24(23)30(25)20-12-5-4-6-13-20/h7-10,14-17,20H,2-6,11-13,18-19H2,1H3. The lowest BCUT2D eigenvalue weighted by atomic mass is 9.95. The lowest BCUT2D eigenvalue weighted by Crippen LogP contribution is -2.33. The van der Waals surface area contributed by atoms with Gasteiger partial charge < -0.3 is 9.47 Å². The lowest BCUT2D eigenvalue weighted by molar-refractivity contribution is 0.0727. The predicted molar refractivity (Wildman–Crippen MR) is 123 cm³/mol. The summed E-state index contributed by atoms with van der Waals surface area (Å²) in [6.07, 6.45) is 9.04. The summed E-state index contributed by atoms with van der Waals surface area (Å²) in [7, 11) is 0. The van der Waals surface area contributed by atoms with Crippen molar-refractivity contribution in [3.63, 3.8) is 0 Å². The van der Waals surface area contributed by atoms with Gasteiger partial charge in [0.15, 0.2) is 0 Å². The number of carbonyl (C=O) groups is 1. The van der Waals surface area contributed by atoms with Crippen molar-refractivity contribution >= 4 is 16.9 Å². The number of fused-ring (bicyclic) bond motifs is 1. The van der Waals surface area contributed by atoms with Crippen LogP contribution in [-0.4, -0.2) is 26.9 Å². The Hall–Kier alpha value is -2.69. The topological polar surface area (TPSA) is 38.1 Å². The highest BCUT2D eigenvalue weighted by Gasteiger charge is 2.25. The first-order chi connectivity index (χ1) is 15.2. The average molecular weight is 422 g/mol. The number of aromatic nitrogens is 2. The summed E-state index contributed by atoms with van der Waals surface area (Å²) < 4.78 is 16.8. The molecule has 0 atom stereocenters. The molecular formula is C26H32FN3O. The van der Waals surface area contributed by atoms with E-state index < -0.39 is 5.82 Å². The summed E-state index contributed by atoms with van der Waals surface area (Å²) in [4.78, 5) is 20.0. The van der Waals surface area contributed by atoms with E-state index in [4.69, 9.17) is 4.98 Å². The number of imidazole rings is 1. The van der Waals surface area contributed by atoms with Gasteiger partial charge in [0.1, 0.15) is 11.6 Å². The number of hydrogen-bond donors (Lipinski definition) is 0. The number of amides is 1. The Morgan fingerprint density at radius 2 is 1.81 bits per heavy atom. The molecule has 1 fully saturated rings. The Morgan fingerprint density at radius 1 is 1.06 bits per heavy atom. The largest absolute Gasteiger partial charge is 0.331 e. The smallest absolute Gasteiger partial charge is 0.257 e. The van der Waals surface area contributed by atoms with E-state index in [-0.39, 0.29) is 11.5 Å². The van der Waals surface area contributed by atoms with Crippen LogP contribution in [0.15, 0.2) is 48.5 Å². The molecule has 164 valence electrons. The van der Waals surface area contributed by atoms with E-state index in [0.29, 0.717) is 19.1 Å². The van der Waals surface area contributed by atoms with Crippen molar-refractivity contribution < 1.29 is 9.18 Å². The van der Waals surface area contributed by atoms with Gasteiger partial charge in [-0.3, -0.25) is 4.79 Å². The molecule has 0 spiro atoms. The first kappa shape index (κ1) is 21.5. The molecule has 1 aromatic heterocycles. The molecule has 0 aliphatic heterocycles. The molecule has 1 aliphatic carbocycles. The average Bonchev–Trinajstić information content (AvgIpc) is 3.17. The van der Waals surface area contributed by atoms with Crippen LogP contribution < -0.4 is 0 Å². The van der Waals surface area contributed by atoms with Gasteiger partial charge in [0, 0.05) is 12.6 Å². The van der Waals surface area contributed by atoms with Gasteiger partial charge in [0.05, 0.1) is 23.1 Å². The molecule has 0 N–H and O–H groups in total. The van der Waals surface area contributed by atoms with Gasteiger partial charge in [-0.25, -0.2) is 9.37 Å². The summed E-state index contributed by atoms with van der Waals surface area (Å²) in [5.41, 5.74) is 2.24. The number of rotatable bonds is 8. The number of halogens is 1. The van der Waals surface area contributed by atoms with Crippen LogP contribution in [0.5, 0.6) is 0 Å². The van der Waals surface area contributed by atoms with Crippen LogP contribution in [0, 0.1) is 5.82 Å². The fourth-order valence-electron chi connectivity index (χ4n) is 4.73. The molecule has 2 aromatic carbocycles. The van der Waals surface area contributed by atoms with E-state index in [2.05, 4.69) is 23.6 Å². The second-order valence-electron chi connectivity index (χ2n) is 8.59. The molecule has 1 aliphatic rings. The highest BCUT2D eigenvalue weighted by Crippen LogP contribution is 2.33. The maximum Gasteiger partial charge on any atom is 0.257 e. The highest BCUT2D eigenvalue weighted by molar-refractivity contribution is 5.94. The molecule has 4 rings (SSSR count). The second kappa shape index (κ2) is 10.1. The van der Waals surface area contributed by atoms with Gasteiger partial charge in [0.25, 0.3) is 5.91 Å². The number of unbranched alkanes of at least 4 members (excludes halogenated alkanes) is 2. The molecule has 0 radical (unpaired) electrons. The second-order valence-corrected chi connectivity index (χ2v) is 8.59. The van der Waals surface area contributed by atoms with Crippen molar-refractivity contribution in [1.82, 2.24) is 14.5 Å². The van der Waals surface area contributed by atoms with Crippen molar-refractivity contribution in [3.05, 3.63) is 65.7 Å². The minimum absolute atomic E-state index is 0.138. The number of benzene rings is 2. The number of para-hydroxylation sites is 2. The molecule has 0 saturated heterocycles. The van der Waals surface area contributed by atoms with Crippen molar-refractivity contribution in [3.8, 4) is 0 Å². The Bertz CT molecular complexity index is 1020. The Kier molecular flexibility index (Phi) is 7.00. The van der Waals surface area contributed by atoms with Crippen molar-refractivity contribution in [2.75, 3.05) is 6.54 Å². The summed E-state index contributed by atoms with van der Waals surface area (Å²) >= 11 is 0. The zero-order chi connectivity index (χ0) is 21.6. The molecule has 1 saturated carbocycles. The van der Waals surface area contributed by atoms with E-state index >= 15 is 0 Å². The Labute approximate surface area is 184 Å². The molecule has 5 heteroatoms. The van der Waals surface area contributed by atoms with Crippen molar-refractivity contribution in [1.29, 1.82) is 0 Å². The Morgan fingerprint density at radius 3 is 2.58 bits per heavy atom. The highest BCUT2D eigenvalue weighted by atomic mass is 19.1. The maximum absolute atomic E-state index is 14.4. The van der Waals surface area contributed by atoms with Crippen LogP contribution >= 0.6 is 0 Å². The van der Waals surface area contributed by atoms with E-state index in [1.165, 1.54) is 25.3 Å². The first-order valence-electron chi connectivity index (χ1n) is 11.7. The van der Waals surface area contributed by atoms with Crippen LogP contribution in [0.2, 0.25) is 0 Å². The maximum atomic E-state index is 14.4. The fourth-order valence-corrected chi connectivity index (χ4v) is 4.73. The summed E-state index contributed by atoms with van der Waals surface area (Å²) in [5.74, 6) is 0.194. The van der Waals surface area contributed by atoms with Gasteiger partial charge in [-0.2, -0.15) is 0 Å². The molecule has 0 bridgehead atoms. The van der Waals surface area contributed by atoms with Gasteiger partial charge >= 0.3 is 0 Å². The molecule has 3 aromatic rings. The minimum Gasteiger partial charge on any atom is -0.331 e. The monoisotopic (exact) mass is 421 g/mol. The third kappa shape index (κ3) is 4.81. The van der Waals surface area contributed by atoms with Crippen LogP contribution in [0.4, 0.5) is 4.39 Å². The van der Waals surface area contributed by atoms with Crippen LogP contribution in [-0.2, 0) is 6.54 Å². The number of nitrogens with zero attached hydrogens (tertiary/aromatic N) is 3. The van der Waals surface area contributed by atoms with Crippen LogP contribution in [0.3, 0.4) is 0 Å². The number of hydrogen-bond acceptors (Lipinski definition) is 2. The Balaban J connectivity index is 1.69. The summed E-state index contributed by atoms with van der Waals surface area (Å²) in [6, 6.07) is 14.9. The molecule has 1 amide bonds. The summed E-state index contributed by atoms with van der Waals surface area (Å²) in [5, 5.41) is 0. The quantitative estimate of drug-likeness (QED) is 0.389. The molecule has 31 heavy (non-hydrogen) atoms. The normalized spacial score (nSPS) is 14.8. The molecular weight excluding hydrogens is 389 g/mol. The lowest BCUT2D eigenvalue weighted by Gasteiger charge is -2.28. The van der Waals surface area contributed by atoms with E-state index in [1.807, 2.05) is 12.1 Å². The van der Waals surface area contributed by atoms with Gasteiger partial charge in [-0.05, 0) is 43.5 Å². The molecule has 4 nitrogen and oxygen atoms in total. The van der Waals surface area contributed by atoms with Crippen molar-refractivity contribution in [2.24, 2.45) is 0 Å². The molecule has 1 heterocycles. The van der Waals surface area contributed by atoms with E-state index in [0.717, 1.165) is 49.0 Å². The van der Waals surface area contributed by atoms with Crippen molar-refractivity contribution in [2.45, 2.75) is 70.9 Å². The van der Waals surface area contributed by atoms with Crippen LogP contribution in [0.25, 0.3) is 11.0 Å². The number of carbonyl (C=O) groups excluding carboxylic acids is 1. The zero-order valence-corrected chi connectivity index (χ0v) is 18.4. The third-order valence-electron chi connectivity index (χ3n) is 6.36. The first-order valence-corrected chi connectivity index (χ1v) is 11.7. The van der Waals surface area contributed by atoms with Gasteiger partial charge in [0.2, 0.25) is 0 Å². The van der Waals surface area contributed by atoms with Crippen LogP contribution in [0.1, 0.15) is 80.5 Å². The minimum atomic E-state index is -0.464. The van der Waals surface area contributed by atoms with E-state index in [9.17, 15) is 9.18 Å². The van der Waals surface area contributed by atoms with E-state index in [1.54, 1.807) is 23.1 Å². The van der Waals surface area contributed by atoms with Gasteiger partial charge in [-0.15, -0.1) is 0 Å².